The summed E-state index contributed by atoms with van der Waals surface area (Å²) in [5.74, 6) is -0.358. The van der Waals surface area contributed by atoms with Crippen molar-refractivity contribution in [2.45, 2.75) is 20.3 Å². The maximum Gasteiger partial charge on any atom is 0.302 e. The molecule has 0 saturated carbocycles. The zero-order chi connectivity index (χ0) is 21.5. The SMILES string of the molecule is CC(=O)OCCC(C)=Cn1nc(-c2ccccc2)c(-c2ccccc2)c(C#N)c1=O. The number of carbonyl (C=O) groups excluding carboxylic acids is 1. The minimum absolute atomic E-state index is 0.0269. The lowest BCUT2D eigenvalue weighted by Gasteiger charge is -2.13. The van der Waals surface area contributed by atoms with Crippen LogP contribution in [0.3, 0.4) is 0 Å². The van der Waals surface area contributed by atoms with Crippen LogP contribution in [0.25, 0.3) is 28.6 Å². The molecule has 0 amide bonds. The van der Waals surface area contributed by atoms with Gasteiger partial charge in [0.05, 0.1) is 6.61 Å². The van der Waals surface area contributed by atoms with Gasteiger partial charge in [0.2, 0.25) is 0 Å². The van der Waals surface area contributed by atoms with E-state index in [0.717, 1.165) is 16.7 Å². The molecule has 6 heteroatoms. The first kappa shape index (κ1) is 20.7. The number of benzene rings is 2. The number of esters is 1. The highest BCUT2D eigenvalue weighted by atomic mass is 16.5. The third-order valence-electron chi connectivity index (χ3n) is 4.48. The Kier molecular flexibility index (Phi) is 6.56. The fourth-order valence-corrected chi connectivity index (χ4v) is 3.05. The lowest BCUT2D eigenvalue weighted by molar-refractivity contribution is -0.140. The average molecular weight is 399 g/mol. The van der Waals surface area contributed by atoms with Gasteiger partial charge in [-0.1, -0.05) is 66.2 Å². The molecule has 150 valence electrons. The molecule has 3 aromatic rings. The molecule has 0 spiro atoms. The smallest absolute Gasteiger partial charge is 0.302 e. The molecule has 6 nitrogen and oxygen atoms in total. The zero-order valence-corrected chi connectivity index (χ0v) is 16.8. The Balaban J connectivity index is 2.19. The molecule has 0 atom stereocenters. The molecule has 30 heavy (non-hydrogen) atoms. The number of nitriles is 1. The molecule has 0 saturated heterocycles. The number of hydrogen-bond donors (Lipinski definition) is 0. The van der Waals surface area contributed by atoms with Gasteiger partial charge in [-0.25, -0.2) is 4.68 Å². The third kappa shape index (κ3) is 4.70. The van der Waals surface area contributed by atoms with Gasteiger partial charge >= 0.3 is 5.97 Å². The molecule has 2 aromatic carbocycles. The van der Waals surface area contributed by atoms with Gasteiger partial charge in [-0.15, -0.1) is 0 Å². The van der Waals surface area contributed by atoms with E-state index in [9.17, 15) is 14.9 Å². The molecule has 0 fully saturated rings. The molecule has 0 bridgehead atoms. The van der Waals surface area contributed by atoms with Gasteiger partial charge in [0.25, 0.3) is 5.56 Å². The van der Waals surface area contributed by atoms with Crippen LogP contribution in [-0.4, -0.2) is 22.4 Å². The van der Waals surface area contributed by atoms with Crippen LogP contribution in [0, 0.1) is 11.3 Å². The van der Waals surface area contributed by atoms with E-state index in [1.807, 2.05) is 67.6 Å². The summed E-state index contributed by atoms with van der Waals surface area (Å²) in [4.78, 5) is 24.0. The first-order chi connectivity index (χ1) is 14.5. The highest BCUT2D eigenvalue weighted by molar-refractivity contribution is 5.84. The summed E-state index contributed by atoms with van der Waals surface area (Å²) in [5, 5.41) is 14.4. The summed E-state index contributed by atoms with van der Waals surface area (Å²) in [7, 11) is 0. The predicted octanol–water partition coefficient (Wildman–Crippen LogP) is 4.26. The van der Waals surface area contributed by atoms with Crippen LogP contribution >= 0.6 is 0 Å². The average Bonchev–Trinajstić information content (AvgIpc) is 2.75. The van der Waals surface area contributed by atoms with E-state index in [2.05, 4.69) is 11.2 Å². The molecule has 0 aliphatic heterocycles. The number of ether oxygens (including phenoxy) is 1. The van der Waals surface area contributed by atoms with Crippen LogP contribution in [0.5, 0.6) is 0 Å². The zero-order valence-electron chi connectivity index (χ0n) is 16.8. The third-order valence-corrected chi connectivity index (χ3v) is 4.48. The predicted molar refractivity (Wildman–Crippen MR) is 115 cm³/mol. The first-order valence-electron chi connectivity index (χ1n) is 9.49. The monoisotopic (exact) mass is 399 g/mol. The fourth-order valence-electron chi connectivity index (χ4n) is 3.05. The lowest BCUT2D eigenvalue weighted by atomic mass is 9.96. The number of hydrogen-bond acceptors (Lipinski definition) is 5. The Bertz CT molecular complexity index is 1170. The Morgan fingerprint density at radius 1 is 1.07 bits per heavy atom. The van der Waals surface area contributed by atoms with E-state index < -0.39 is 5.56 Å². The molecule has 1 aromatic heterocycles. The van der Waals surface area contributed by atoms with Gasteiger partial charge in [0, 0.05) is 30.7 Å². The minimum Gasteiger partial charge on any atom is -0.466 e. The molecule has 3 rings (SSSR count). The number of aromatic nitrogens is 2. The van der Waals surface area contributed by atoms with Gasteiger partial charge in [-0.3, -0.25) is 9.59 Å². The van der Waals surface area contributed by atoms with Crippen molar-refractivity contribution in [1.82, 2.24) is 9.78 Å². The molecule has 0 unspecified atom stereocenters. The first-order valence-corrected chi connectivity index (χ1v) is 9.49. The Labute approximate surface area is 174 Å². The quantitative estimate of drug-likeness (QED) is 0.578. The summed E-state index contributed by atoms with van der Waals surface area (Å²) in [5.41, 5.74) is 2.93. The van der Waals surface area contributed by atoms with Crippen molar-refractivity contribution in [1.29, 1.82) is 5.26 Å². The van der Waals surface area contributed by atoms with Crippen molar-refractivity contribution in [2.24, 2.45) is 0 Å². The van der Waals surface area contributed by atoms with Gasteiger partial charge < -0.3 is 4.74 Å². The fraction of sp³-hybridized carbons (Fsp3) is 0.167. The normalized spacial score (nSPS) is 11.0. The second-order valence-electron chi connectivity index (χ2n) is 6.76. The van der Waals surface area contributed by atoms with Crippen LogP contribution in [0.1, 0.15) is 25.8 Å². The number of rotatable bonds is 6. The van der Waals surface area contributed by atoms with Gasteiger partial charge in [-0.2, -0.15) is 10.4 Å². The molecular weight excluding hydrogens is 378 g/mol. The summed E-state index contributed by atoms with van der Waals surface area (Å²) in [6.07, 6.45) is 2.03. The van der Waals surface area contributed by atoms with E-state index in [4.69, 9.17) is 4.74 Å². The summed E-state index contributed by atoms with van der Waals surface area (Å²) in [6.45, 7) is 3.38. The van der Waals surface area contributed by atoms with Crippen molar-refractivity contribution < 1.29 is 9.53 Å². The lowest BCUT2D eigenvalue weighted by Crippen LogP contribution is -2.24. The molecule has 0 N–H and O–H groups in total. The largest absolute Gasteiger partial charge is 0.466 e. The van der Waals surface area contributed by atoms with Crippen molar-refractivity contribution in [3.8, 4) is 28.5 Å². The van der Waals surface area contributed by atoms with Gasteiger partial charge in [-0.05, 0) is 12.5 Å². The number of nitrogens with zero attached hydrogens (tertiary/aromatic N) is 3. The van der Waals surface area contributed by atoms with Crippen LogP contribution in [0.4, 0.5) is 0 Å². The van der Waals surface area contributed by atoms with Crippen LogP contribution < -0.4 is 5.56 Å². The summed E-state index contributed by atoms with van der Waals surface area (Å²) < 4.78 is 6.15. The Morgan fingerprint density at radius 3 is 2.23 bits per heavy atom. The van der Waals surface area contributed by atoms with Crippen molar-refractivity contribution >= 4 is 12.2 Å². The van der Waals surface area contributed by atoms with E-state index in [1.54, 1.807) is 6.20 Å². The van der Waals surface area contributed by atoms with Crippen LogP contribution in [-0.2, 0) is 9.53 Å². The van der Waals surface area contributed by atoms with Crippen molar-refractivity contribution in [3.05, 3.63) is 82.2 Å². The molecule has 0 aliphatic carbocycles. The van der Waals surface area contributed by atoms with Crippen LogP contribution in [0.15, 0.2) is 71.0 Å². The second kappa shape index (κ2) is 9.48. The standard InChI is InChI=1S/C24H21N3O3/c1-17(13-14-30-18(2)28)16-27-24(29)21(15-25)22(19-9-5-3-6-10-19)23(26-27)20-11-7-4-8-12-20/h3-12,16H,13-14H2,1-2H3. The van der Waals surface area contributed by atoms with Crippen molar-refractivity contribution in [2.75, 3.05) is 6.61 Å². The van der Waals surface area contributed by atoms with Gasteiger partial charge in [0.15, 0.2) is 0 Å². The highest BCUT2D eigenvalue weighted by Crippen LogP contribution is 2.31. The molecular formula is C24H21N3O3. The molecule has 1 heterocycles. The Hall–Kier alpha value is -3.98. The second-order valence-corrected chi connectivity index (χ2v) is 6.76. The summed E-state index contributed by atoms with van der Waals surface area (Å²) >= 11 is 0. The molecule has 0 radical (unpaired) electrons. The Morgan fingerprint density at radius 2 is 1.67 bits per heavy atom. The maximum atomic E-state index is 13.0. The highest BCUT2D eigenvalue weighted by Gasteiger charge is 2.19. The minimum atomic E-state index is -0.497. The molecule has 0 aliphatic rings. The van der Waals surface area contributed by atoms with E-state index in [-0.39, 0.29) is 18.1 Å². The van der Waals surface area contributed by atoms with Gasteiger partial charge in [0.1, 0.15) is 17.3 Å². The van der Waals surface area contributed by atoms with E-state index in [0.29, 0.717) is 17.7 Å². The topological polar surface area (TPSA) is 85.0 Å². The summed E-state index contributed by atoms with van der Waals surface area (Å²) in [6, 6.07) is 20.8. The van der Waals surface area contributed by atoms with Crippen molar-refractivity contribution in [3.63, 3.8) is 0 Å². The maximum absolute atomic E-state index is 13.0. The van der Waals surface area contributed by atoms with E-state index in [1.165, 1.54) is 11.6 Å². The number of carbonyl (C=O) groups is 1. The van der Waals surface area contributed by atoms with E-state index >= 15 is 0 Å². The van der Waals surface area contributed by atoms with Crippen LogP contribution in [0.2, 0.25) is 0 Å².